The van der Waals surface area contributed by atoms with E-state index >= 15 is 0 Å². The highest BCUT2D eigenvalue weighted by atomic mass is 16.5. The number of phenols is 1. The number of phenolic OH excluding ortho intramolecular Hbond substituents is 1. The molecular formula is C17H16O5. The van der Waals surface area contributed by atoms with Crippen LogP contribution in [0.2, 0.25) is 0 Å². The minimum absolute atomic E-state index is 0.159. The van der Waals surface area contributed by atoms with Crippen molar-refractivity contribution in [2.24, 2.45) is 0 Å². The van der Waals surface area contributed by atoms with Gasteiger partial charge in [0.25, 0.3) is 0 Å². The molecule has 1 aliphatic rings. The van der Waals surface area contributed by atoms with Crippen LogP contribution in [0, 0.1) is 0 Å². The van der Waals surface area contributed by atoms with Crippen LogP contribution in [0.15, 0.2) is 42.5 Å². The highest BCUT2D eigenvalue weighted by molar-refractivity contribution is 5.69. The summed E-state index contributed by atoms with van der Waals surface area (Å²) in [5, 5.41) is 19.6. The minimum atomic E-state index is -0.684. The summed E-state index contributed by atoms with van der Waals surface area (Å²) in [5.74, 6) is 0.756. The lowest BCUT2D eigenvalue weighted by Crippen LogP contribution is -2.30. The zero-order chi connectivity index (χ0) is 15.7. The van der Waals surface area contributed by atoms with Crippen LogP contribution in [0.5, 0.6) is 17.2 Å². The van der Waals surface area contributed by atoms with Crippen LogP contribution in [0.3, 0.4) is 0 Å². The first-order valence-electron chi connectivity index (χ1n) is 6.98. The van der Waals surface area contributed by atoms with Crippen LogP contribution in [0.1, 0.15) is 24.2 Å². The van der Waals surface area contributed by atoms with Gasteiger partial charge < -0.3 is 19.7 Å². The van der Waals surface area contributed by atoms with Crippen LogP contribution in [0.25, 0.3) is 0 Å². The lowest BCUT2D eigenvalue weighted by Gasteiger charge is -2.31. The number of esters is 1. The van der Waals surface area contributed by atoms with Crippen molar-refractivity contribution in [1.82, 2.24) is 0 Å². The molecule has 114 valence electrons. The van der Waals surface area contributed by atoms with Crippen molar-refractivity contribution in [1.29, 1.82) is 0 Å². The Hall–Kier alpha value is -2.53. The summed E-state index contributed by atoms with van der Waals surface area (Å²) >= 11 is 0. The molecule has 0 aliphatic carbocycles. The zero-order valence-corrected chi connectivity index (χ0v) is 12.0. The first-order chi connectivity index (χ1) is 10.5. The highest BCUT2D eigenvalue weighted by Crippen LogP contribution is 2.37. The van der Waals surface area contributed by atoms with Gasteiger partial charge >= 0.3 is 5.97 Å². The maximum absolute atomic E-state index is 11.0. The minimum Gasteiger partial charge on any atom is -0.508 e. The fourth-order valence-corrected chi connectivity index (χ4v) is 2.54. The molecule has 2 N–H and O–H groups in total. The molecule has 0 fully saturated rings. The summed E-state index contributed by atoms with van der Waals surface area (Å²) in [6.07, 6.45) is -0.765. The monoisotopic (exact) mass is 300 g/mol. The molecule has 0 spiro atoms. The molecule has 3 rings (SSSR count). The number of aromatic hydroxyl groups is 1. The molecule has 5 nitrogen and oxygen atoms in total. The molecule has 0 amide bonds. The van der Waals surface area contributed by atoms with E-state index in [2.05, 4.69) is 0 Å². The molecule has 0 radical (unpaired) electrons. The number of carbonyl (C=O) groups is 1. The first-order valence-corrected chi connectivity index (χ1v) is 6.98. The molecular weight excluding hydrogens is 284 g/mol. The largest absolute Gasteiger partial charge is 0.508 e. The first kappa shape index (κ1) is 14.4. The van der Waals surface area contributed by atoms with E-state index in [-0.39, 0.29) is 5.75 Å². The van der Waals surface area contributed by atoms with Gasteiger partial charge in [-0.2, -0.15) is 0 Å². The number of carbonyl (C=O) groups excluding carboxylic acids is 1. The Morgan fingerprint density at radius 2 is 1.95 bits per heavy atom. The van der Waals surface area contributed by atoms with Crippen molar-refractivity contribution >= 4 is 5.97 Å². The normalized spacial score (nSPS) is 19.9. The Labute approximate surface area is 127 Å². The SMILES string of the molecule is CC(=O)Oc1ccc2c(c1)OC(c1ccc(O)cc1)C(O)C2. The van der Waals surface area contributed by atoms with E-state index in [1.54, 1.807) is 42.5 Å². The van der Waals surface area contributed by atoms with Crippen molar-refractivity contribution < 1.29 is 24.5 Å². The smallest absolute Gasteiger partial charge is 0.308 e. The second kappa shape index (κ2) is 5.69. The zero-order valence-electron chi connectivity index (χ0n) is 12.0. The molecule has 5 heteroatoms. The average Bonchev–Trinajstić information content (AvgIpc) is 2.47. The number of benzene rings is 2. The summed E-state index contributed by atoms with van der Waals surface area (Å²) < 4.78 is 10.9. The topological polar surface area (TPSA) is 76.0 Å². The number of ether oxygens (including phenoxy) is 2. The second-order valence-corrected chi connectivity index (χ2v) is 5.26. The third kappa shape index (κ3) is 2.89. The molecule has 0 saturated carbocycles. The maximum atomic E-state index is 11.0. The summed E-state index contributed by atoms with van der Waals surface area (Å²) in [6.45, 7) is 1.34. The fourth-order valence-electron chi connectivity index (χ4n) is 2.54. The molecule has 2 atom stereocenters. The molecule has 2 aromatic carbocycles. The summed E-state index contributed by atoms with van der Waals surface area (Å²) in [6, 6.07) is 11.6. The second-order valence-electron chi connectivity index (χ2n) is 5.26. The highest BCUT2D eigenvalue weighted by Gasteiger charge is 2.30. The van der Waals surface area contributed by atoms with Crippen LogP contribution in [-0.2, 0) is 11.2 Å². The van der Waals surface area contributed by atoms with Crippen molar-refractivity contribution in [3.8, 4) is 17.2 Å². The Balaban J connectivity index is 1.89. The van der Waals surface area contributed by atoms with Gasteiger partial charge in [-0.3, -0.25) is 4.79 Å². The van der Waals surface area contributed by atoms with Crippen molar-refractivity contribution in [3.05, 3.63) is 53.6 Å². The van der Waals surface area contributed by atoms with Gasteiger partial charge in [0.1, 0.15) is 23.4 Å². The number of hydrogen-bond donors (Lipinski definition) is 2. The third-order valence-electron chi connectivity index (χ3n) is 3.55. The maximum Gasteiger partial charge on any atom is 0.308 e. The van der Waals surface area contributed by atoms with Crippen molar-refractivity contribution in [3.63, 3.8) is 0 Å². The lowest BCUT2D eigenvalue weighted by atomic mass is 9.94. The Bertz CT molecular complexity index is 693. The third-order valence-corrected chi connectivity index (χ3v) is 3.55. The van der Waals surface area contributed by atoms with E-state index < -0.39 is 18.2 Å². The van der Waals surface area contributed by atoms with E-state index in [0.717, 1.165) is 11.1 Å². The summed E-state index contributed by atoms with van der Waals surface area (Å²) in [7, 11) is 0. The van der Waals surface area contributed by atoms with Crippen LogP contribution >= 0.6 is 0 Å². The van der Waals surface area contributed by atoms with E-state index in [1.807, 2.05) is 0 Å². The van der Waals surface area contributed by atoms with Gasteiger partial charge in [-0.25, -0.2) is 0 Å². The van der Waals surface area contributed by atoms with Gasteiger partial charge in [0, 0.05) is 19.4 Å². The number of fused-ring (bicyclic) bond motifs is 1. The Morgan fingerprint density at radius 1 is 1.23 bits per heavy atom. The molecule has 2 unspecified atom stereocenters. The predicted molar refractivity (Wildman–Crippen MR) is 78.9 cm³/mol. The fraction of sp³-hybridized carbons (Fsp3) is 0.235. The quantitative estimate of drug-likeness (QED) is 0.657. The Kier molecular flexibility index (Phi) is 3.73. The standard InChI is InChI=1S/C17H16O5/c1-10(18)21-14-7-4-12-8-15(20)17(22-16(12)9-14)11-2-5-13(19)6-3-11/h2-7,9,15,17,19-20H,8H2,1H3. The Morgan fingerprint density at radius 3 is 2.64 bits per heavy atom. The number of hydrogen-bond acceptors (Lipinski definition) is 5. The lowest BCUT2D eigenvalue weighted by molar-refractivity contribution is -0.131. The number of rotatable bonds is 2. The summed E-state index contributed by atoms with van der Waals surface area (Å²) in [4.78, 5) is 11.0. The van der Waals surface area contributed by atoms with Gasteiger partial charge in [0.15, 0.2) is 0 Å². The van der Waals surface area contributed by atoms with Crippen LogP contribution < -0.4 is 9.47 Å². The number of aliphatic hydroxyl groups excluding tert-OH is 1. The molecule has 1 aliphatic heterocycles. The number of aliphatic hydroxyl groups is 1. The van der Waals surface area contributed by atoms with Crippen molar-refractivity contribution in [2.75, 3.05) is 0 Å². The van der Waals surface area contributed by atoms with E-state index in [1.165, 1.54) is 6.92 Å². The van der Waals surface area contributed by atoms with E-state index in [0.29, 0.717) is 17.9 Å². The van der Waals surface area contributed by atoms with Gasteiger partial charge in [0.05, 0.1) is 6.10 Å². The molecule has 22 heavy (non-hydrogen) atoms. The van der Waals surface area contributed by atoms with Gasteiger partial charge in [-0.1, -0.05) is 18.2 Å². The van der Waals surface area contributed by atoms with Crippen LogP contribution in [-0.4, -0.2) is 22.3 Å². The molecule has 0 aromatic heterocycles. The van der Waals surface area contributed by atoms with Gasteiger partial charge in [0.2, 0.25) is 0 Å². The molecule has 1 heterocycles. The van der Waals surface area contributed by atoms with Crippen molar-refractivity contribution in [2.45, 2.75) is 25.6 Å². The van der Waals surface area contributed by atoms with Gasteiger partial charge in [-0.05, 0) is 29.3 Å². The molecule has 2 aromatic rings. The van der Waals surface area contributed by atoms with Crippen LogP contribution in [0.4, 0.5) is 0 Å². The van der Waals surface area contributed by atoms with E-state index in [4.69, 9.17) is 9.47 Å². The summed E-state index contributed by atoms with van der Waals surface area (Å²) in [5.41, 5.74) is 1.63. The van der Waals surface area contributed by atoms with Gasteiger partial charge in [-0.15, -0.1) is 0 Å². The molecule has 0 saturated heterocycles. The van der Waals surface area contributed by atoms with E-state index in [9.17, 15) is 15.0 Å². The molecule has 0 bridgehead atoms. The predicted octanol–water partition coefficient (Wildman–Crippen LogP) is 2.35. The average molecular weight is 300 g/mol.